The Hall–Kier alpha value is -1.05. The highest BCUT2D eigenvalue weighted by atomic mass is 16.4. The molecule has 0 atom stereocenters. The van der Waals surface area contributed by atoms with Crippen LogP contribution in [0.15, 0.2) is 24.3 Å². The van der Waals surface area contributed by atoms with Crippen LogP contribution in [-0.4, -0.2) is 11.1 Å². The Balaban J connectivity index is 3.07. The molecule has 0 heterocycles. The molecule has 0 aromatic heterocycles. The Kier molecular flexibility index (Phi) is 13.2. The van der Waals surface area contributed by atoms with Gasteiger partial charge < -0.3 is 5.11 Å². The normalized spacial score (nSPS) is 11.6. The van der Waals surface area contributed by atoms with E-state index in [-0.39, 0.29) is 0 Å². The smallest absolute Gasteiger partial charge is 0.303 e. The first-order valence-electron chi connectivity index (χ1n) is 7.25. The SMILES string of the molecule is C/C=C/C/C=C/CCCCCCCCCC(=O)O. The Morgan fingerprint density at radius 1 is 0.889 bits per heavy atom. The summed E-state index contributed by atoms with van der Waals surface area (Å²) in [5.41, 5.74) is 0. The molecule has 0 unspecified atom stereocenters. The maximum atomic E-state index is 10.3. The van der Waals surface area contributed by atoms with Gasteiger partial charge in [-0.25, -0.2) is 0 Å². The van der Waals surface area contributed by atoms with E-state index in [0.29, 0.717) is 6.42 Å². The molecule has 0 aromatic carbocycles. The Morgan fingerprint density at radius 2 is 1.50 bits per heavy atom. The summed E-state index contributed by atoms with van der Waals surface area (Å²) in [6.45, 7) is 2.05. The van der Waals surface area contributed by atoms with Crippen molar-refractivity contribution in [3.63, 3.8) is 0 Å². The minimum Gasteiger partial charge on any atom is -0.481 e. The number of hydrogen-bond donors (Lipinski definition) is 1. The first-order valence-corrected chi connectivity index (χ1v) is 7.25. The van der Waals surface area contributed by atoms with Crippen molar-refractivity contribution in [3.05, 3.63) is 24.3 Å². The van der Waals surface area contributed by atoms with E-state index < -0.39 is 5.97 Å². The van der Waals surface area contributed by atoms with Crippen molar-refractivity contribution in [1.29, 1.82) is 0 Å². The molecule has 0 radical (unpaired) electrons. The van der Waals surface area contributed by atoms with Crippen molar-refractivity contribution in [2.24, 2.45) is 0 Å². The van der Waals surface area contributed by atoms with E-state index in [4.69, 9.17) is 5.11 Å². The molecule has 0 fully saturated rings. The number of aliphatic carboxylic acids is 1. The van der Waals surface area contributed by atoms with Gasteiger partial charge in [0.25, 0.3) is 0 Å². The first-order chi connectivity index (χ1) is 8.77. The van der Waals surface area contributed by atoms with Gasteiger partial charge in [0, 0.05) is 6.42 Å². The predicted octanol–water partition coefficient (Wildman–Crippen LogP) is 5.10. The van der Waals surface area contributed by atoms with E-state index in [9.17, 15) is 4.79 Å². The summed E-state index contributed by atoms with van der Waals surface area (Å²) in [5, 5.41) is 8.48. The second kappa shape index (κ2) is 14.0. The van der Waals surface area contributed by atoms with Crippen LogP contribution in [0, 0.1) is 0 Å². The molecule has 0 rings (SSSR count). The molecular formula is C16H28O2. The number of carboxylic acids is 1. The molecule has 0 amide bonds. The topological polar surface area (TPSA) is 37.3 Å². The van der Waals surface area contributed by atoms with Gasteiger partial charge in [-0.2, -0.15) is 0 Å². The molecule has 2 nitrogen and oxygen atoms in total. The van der Waals surface area contributed by atoms with E-state index in [1.807, 2.05) is 6.92 Å². The number of allylic oxidation sites excluding steroid dienone is 4. The van der Waals surface area contributed by atoms with Crippen LogP contribution in [0.4, 0.5) is 0 Å². The van der Waals surface area contributed by atoms with Gasteiger partial charge in [0.1, 0.15) is 0 Å². The summed E-state index contributed by atoms with van der Waals surface area (Å²) in [6.07, 6.45) is 19.5. The molecule has 0 aliphatic carbocycles. The second-order valence-corrected chi connectivity index (χ2v) is 4.68. The lowest BCUT2D eigenvalue weighted by atomic mass is 10.1. The minimum absolute atomic E-state index is 0.330. The Bertz CT molecular complexity index is 241. The quantitative estimate of drug-likeness (QED) is 0.387. The third-order valence-electron chi connectivity index (χ3n) is 2.94. The summed E-state index contributed by atoms with van der Waals surface area (Å²) in [4.78, 5) is 10.3. The lowest BCUT2D eigenvalue weighted by Crippen LogP contribution is -1.93. The Labute approximate surface area is 112 Å². The summed E-state index contributed by atoms with van der Waals surface area (Å²) in [7, 11) is 0. The largest absolute Gasteiger partial charge is 0.481 e. The Morgan fingerprint density at radius 3 is 2.11 bits per heavy atom. The number of carboxylic acid groups (broad SMARTS) is 1. The molecule has 18 heavy (non-hydrogen) atoms. The zero-order chi connectivity index (χ0) is 13.5. The summed E-state index contributed by atoms with van der Waals surface area (Å²) in [6, 6.07) is 0. The van der Waals surface area contributed by atoms with Gasteiger partial charge in [-0.1, -0.05) is 56.4 Å². The molecule has 104 valence electrons. The van der Waals surface area contributed by atoms with Crippen molar-refractivity contribution in [3.8, 4) is 0 Å². The van der Waals surface area contributed by atoms with Gasteiger partial charge in [-0.15, -0.1) is 0 Å². The monoisotopic (exact) mass is 252 g/mol. The van der Waals surface area contributed by atoms with Gasteiger partial charge in [0.05, 0.1) is 0 Å². The second-order valence-electron chi connectivity index (χ2n) is 4.68. The van der Waals surface area contributed by atoms with Crippen LogP contribution in [0.5, 0.6) is 0 Å². The van der Waals surface area contributed by atoms with Gasteiger partial charge in [-0.3, -0.25) is 4.79 Å². The highest BCUT2D eigenvalue weighted by Gasteiger charge is 1.96. The average molecular weight is 252 g/mol. The van der Waals surface area contributed by atoms with Crippen LogP contribution in [0.2, 0.25) is 0 Å². The first kappa shape index (κ1) is 16.9. The van der Waals surface area contributed by atoms with Gasteiger partial charge >= 0.3 is 5.97 Å². The maximum absolute atomic E-state index is 10.3. The molecule has 2 heteroatoms. The zero-order valence-electron chi connectivity index (χ0n) is 11.7. The van der Waals surface area contributed by atoms with Crippen molar-refractivity contribution >= 4 is 5.97 Å². The van der Waals surface area contributed by atoms with Gasteiger partial charge in [-0.05, 0) is 32.6 Å². The molecule has 0 bridgehead atoms. The molecule has 1 N–H and O–H groups in total. The van der Waals surface area contributed by atoms with Crippen LogP contribution in [0.3, 0.4) is 0 Å². The van der Waals surface area contributed by atoms with Crippen molar-refractivity contribution < 1.29 is 9.90 Å². The molecule has 0 aromatic rings. The molecule has 0 aliphatic rings. The standard InChI is InChI=1S/C16H28O2/c1-2-3-4-5-6-7-8-9-10-11-12-13-14-15-16(17)18/h2-3,5-6H,4,7-15H2,1H3,(H,17,18)/b3-2+,6-5+. The highest BCUT2D eigenvalue weighted by Crippen LogP contribution is 2.10. The average Bonchev–Trinajstić information content (AvgIpc) is 2.34. The summed E-state index contributed by atoms with van der Waals surface area (Å²) < 4.78 is 0. The zero-order valence-corrected chi connectivity index (χ0v) is 11.7. The van der Waals surface area contributed by atoms with E-state index in [2.05, 4.69) is 24.3 Å². The lowest BCUT2D eigenvalue weighted by molar-refractivity contribution is -0.137. The van der Waals surface area contributed by atoms with Crippen LogP contribution in [0.25, 0.3) is 0 Å². The molecule has 0 saturated carbocycles. The van der Waals surface area contributed by atoms with Crippen LogP contribution < -0.4 is 0 Å². The number of hydrogen-bond acceptors (Lipinski definition) is 1. The highest BCUT2D eigenvalue weighted by molar-refractivity contribution is 5.66. The van der Waals surface area contributed by atoms with Gasteiger partial charge in [0.2, 0.25) is 0 Å². The van der Waals surface area contributed by atoms with Crippen molar-refractivity contribution in [1.82, 2.24) is 0 Å². The van der Waals surface area contributed by atoms with E-state index in [1.54, 1.807) is 0 Å². The minimum atomic E-state index is -0.667. The van der Waals surface area contributed by atoms with Crippen LogP contribution in [0.1, 0.15) is 71.1 Å². The fourth-order valence-electron chi connectivity index (χ4n) is 1.85. The lowest BCUT2D eigenvalue weighted by Gasteiger charge is -2.00. The molecule has 0 aliphatic heterocycles. The number of unbranched alkanes of at least 4 members (excludes halogenated alkanes) is 7. The fourth-order valence-corrected chi connectivity index (χ4v) is 1.85. The summed E-state index contributed by atoms with van der Waals surface area (Å²) in [5.74, 6) is -0.667. The number of carbonyl (C=O) groups is 1. The van der Waals surface area contributed by atoms with E-state index in [0.717, 1.165) is 19.3 Å². The van der Waals surface area contributed by atoms with Crippen LogP contribution in [-0.2, 0) is 4.79 Å². The van der Waals surface area contributed by atoms with Gasteiger partial charge in [0.15, 0.2) is 0 Å². The maximum Gasteiger partial charge on any atom is 0.303 e. The third kappa shape index (κ3) is 14.9. The predicted molar refractivity (Wildman–Crippen MR) is 77.8 cm³/mol. The number of rotatable bonds is 12. The van der Waals surface area contributed by atoms with E-state index in [1.165, 1.54) is 38.5 Å². The van der Waals surface area contributed by atoms with E-state index >= 15 is 0 Å². The molecular weight excluding hydrogens is 224 g/mol. The molecule has 0 spiro atoms. The fraction of sp³-hybridized carbons (Fsp3) is 0.688. The third-order valence-corrected chi connectivity index (χ3v) is 2.94. The summed E-state index contributed by atoms with van der Waals surface area (Å²) >= 11 is 0. The van der Waals surface area contributed by atoms with Crippen LogP contribution >= 0.6 is 0 Å². The van der Waals surface area contributed by atoms with Crippen molar-refractivity contribution in [2.45, 2.75) is 71.1 Å². The molecule has 0 saturated heterocycles. The van der Waals surface area contributed by atoms with Crippen molar-refractivity contribution in [2.75, 3.05) is 0 Å².